The SMILES string of the molecule is CC1CC(C)CN(C(=O)NCc2ccc(-n3cccn3)cc2)C1. The van der Waals surface area contributed by atoms with E-state index in [2.05, 4.69) is 24.3 Å². The third-order valence-electron chi connectivity index (χ3n) is 4.31. The number of benzene rings is 1. The fourth-order valence-electron chi connectivity index (χ4n) is 3.31. The highest BCUT2D eigenvalue weighted by atomic mass is 16.2. The van der Waals surface area contributed by atoms with Crippen molar-refractivity contribution >= 4 is 6.03 Å². The van der Waals surface area contributed by atoms with Gasteiger partial charge < -0.3 is 10.2 Å². The second kappa shape index (κ2) is 6.86. The second-order valence-corrected chi connectivity index (χ2v) is 6.63. The lowest BCUT2D eigenvalue weighted by atomic mass is 9.92. The number of aromatic nitrogens is 2. The third kappa shape index (κ3) is 3.92. The molecule has 2 unspecified atom stereocenters. The first-order valence-electron chi connectivity index (χ1n) is 8.23. The maximum Gasteiger partial charge on any atom is 0.317 e. The van der Waals surface area contributed by atoms with Crippen LogP contribution in [0.25, 0.3) is 5.69 Å². The number of carbonyl (C=O) groups is 1. The van der Waals surface area contributed by atoms with Gasteiger partial charge in [0.2, 0.25) is 0 Å². The molecule has 2 atom stereocenters. The first-order valence-corrected chi connectivity index (χ1v) is 8.23. The highest BCUT2D eigenvalue weighted by Crippen LogP contribution is 2.20. The molecule has 0 radical (unpaired) electrons. The molecule has 122 valence electrons. The summed E-state index contributed by atoms with van der Waals surface area (Å²) < 4.78 is 1.82. The highest BCUT2D eigenvalue weighted by Gasteiger charge is 2.25. The maximum atomic E-state index is 12.3. The average molecular weight is 312 g/mol. The summed E-state index contributed by atoms with van der Waals surface area (Å²) >= 11 is 0. The van der Waals surface area contributed by atoms with E-state index in [0.29, 0.717) is 18.4 Å². The van der Waals surface area contributed by atoms with E-state index in [1.54, 1.807) is 6.20 Å². The van der Waals surface area contributed by atoms with Gasteiger partial charge in [-0.2, -0.15) is 5.10 Å². The first kappa shape index (κ1) is 15.6. The molecule has 1 aliphatic heterocycles. The fourth-order valence-corrected chi connectivity index (χ4v) is 3.31. The molecular formula is C18H24N4O. The van der Waals surface area contributed by atoms with Crippen LogP contribution in [0, 0.1) is 11.8 Å². The summed E-state index contributed by atoms with van der Waals surface area (Å²) in [7, 11) is 0. The van der Waals surface area contributed by atoms with Crippen LogP contribution in [0.3, 0.4) is 0 Å². The average Bonchev–Trinajstić information content (AvgIpc) is 3.06. The Balaban J connectivity index is 1.54. The van der Waals surface area contributed by atoms with Crippen LogP contribution in [0.5, 0.6) is 0 Å². The van der Waals surface area contributed by atoms with Gasteiger partial charge >= 0.3 is 6.03 Å². The molecule has 0 bridgehead atoms. The van der Waals surface area contributed by atoms with Gasteiger partial charge in [-0.1, -0.05) is 26.0 Å². The number of hydrogen-bond acceptors (Lipinski definition) is 2. The summed E-state index contributed by atoms with van der Waals surface area (Å²) in [6, 6.07) is 10.0. The van der Waals surface area contributed by atoms with Crippen molar-refractivity contribution in [1.29, 1.82) is 0 Å². The lowest BCUT2D eigenvalue weighted by molar-refractivity contribution is 0.146. The van der Waals surface area contributed by atoms with Crippen LogP contribution in [-0.2, 0) is 6.54 Å². The molecule has 5 nitrogen and oxygen atoms in total. The number of carbonyl (C=O) groups excluding carboxylic acids is 1. The van der Waals surface area contributed by atoms with Crippen molar-refractivity contribution in [2.75, 3.05) is 13.1 Å². The molecule has 0 saturated carbocycles. The normalized spacial score (nSPS) is 21.2. The van der Waals surface area contributed by atoms with Gasteiger partial charge in [0.15, 0.2) is 0 Å². The number of piperidine rings is 1. The molecule has 1 N–H and O–H groups in total. The molecule has 1 aromatic carbocycles. The summed E-state index contributed by atoms with van der Waals surface area (Å²) in [5.74, 6) is 1.16. The minimum atomic E-state index is 0.0413. The molecule has 0 spiro atoms. The zero-order valence-electron chi connectivity index (χ0n) is 13.8. The molecule has 2 aromatic rings. The third-order valence-corrected chi connectivity index (χ3v) is 4.31. The number of hydrogen-bond donors (Lipinski definition) is 1. The molecule has 1 aromatic heterocycles. The van der Waals surface area contributed by atoms with Crippen LogP contribution in [0.1, 0.15) is 25.8 Å². The van der Waals surface area contributed by atoms with E-state index >= 15 is 0 Å². The van der Waals surface area contributed by atoms with Gasteiger partial charge in [0, 0.05) is 32.0 Å². The number of rotatable bonds is 3. The molecule has 2 amide bonds. The standard InChI is InChI=1S/C18H24N4O/c1-14-10-15(2)13-21(12-14)18(23)19-11-16-4-6-17(7-5-16)22-9-3-8-20-22/h3-9,14-15H,10-13H2,1-2H3,(H,19,23). The highest BCUT2D eigenvalue weighted by molar-refractivity contribution is 5.74. The lowest BCUT2D eigenvalue weighted by Crippen LogP contribution is -2.47. The number of urea groups is 1. The predicted molar refractivity (Wildman–Crippen MR) is 90.3 cm³/mol. The molecule has 23 heavy (non-hydrogen) atoms. The van der Waals surface area contributed by atoms with Crippen molar-refractivity contribution < 1.29 is 4.79 Å². The van der Waals surface area contributed by atoms with Crippen molar-refractivity contribution in [3.8, 4) is 5.69 Å². The van der Waals surface area contributed by atoms with Crippen LogP contribution < -0.4 is 5.32 Å². The summed E-state index contributed by atoms with van der Waals surface area (Å²) in [5.41, 5.74) is 2.11. The maximum absolute atomic E-state index is 12.3. The first-order chi connectivity index (χ1) is 11.1. The molecular weight excluding hydrogens is 288 g/mol. The van der Waals surface area contributed by atoms with Crippen molar-refractivity contribution in [1.82, 2.24) is 20.0 Å². The molecule has 0 aliphatic carbocycles. The van der Waals surface area contributed by atoms with Gasteiger partial charge in [-0.25, -0.2) is 9.48 Å². The van der Waals surface area contributed by atoms with E-state index in [4.69, 9.17) is 0 Å². The summed E-state index contributed by atoms with van der Waals surface area (Å²) in [6.07, 6.45) is 4.88. The van der Waals surface area contributed by atoms with E-state index in [0.717, 1.165) is 24.3 Å². The monoisotopic (exact) mass is 312 g/mol. The Labute approximate surface area is 137 Å². The summed E-state index contributed by atoms with van der Waals surface area (Å²) in [5, 5.41) is 7.23. The number of nitrogens with zero attached hydrogens (tertiary/aromatic N) is 3. The van der Waals surface area contributed by atoms with Crippen LogP contribution in [0.4, 0.5) is 4.79 Å². The molecule has 1 fully saturated rings. The van der Waals surface area contributed by atoms with E-state index in [1.165, 1.54) is 6.42 Å². The quantitative estimate of drug-likeness (QED) is 0.947. The van der Waals surface area contributed by atoms with Gasteiger partial charge in [0.25, 0.3) is 0 Å². The number of amides is 2. The van der Waals surface area contributed by atoms with Crippen LogP contribution >= 0.6 is 0 Å². The minimum absolute atomic E-state index is 0.0413. The van der Waals surface area contributed by atoms with E-state index in [9.17, 15) is 4.79 Å². The Morgan fingerprint density at radius 2 is 1.91 bits per heavy atom. The van der Waals surface area contributed by atoms with E-state index in [-0.39, 0.29) is 6.03 Å². The summed E-state index contributed by atoms with van der Waals surface area (Å²) in [4.78, 5) is 14.3. The van der Waals surface area contributed by atoms with Gasteiger partial charge in [-0.05, 0) is 42.0 Å². The van der Waals surface area contributed by atoms with Crippen LogP contribution in [0.15, 0.2) is 42.7 Å². The Kier molecular flexibility index (Phi) is 4.65. The molecule has 1 aliphatic rings. The summed E-state index contributed by atoms with van der Waals surface area (Å²) in [6.45, 7) is 6.69. The molecule has 2 heterocycles. The predicted octanol–water partition coefficient (Wildman–Crippen LogP) is 3.06. The van der Waals surface area contributed by atoms with Gasteiger partial charge in [0.1, 0.15) is 0 Å². The molecule has 5 heteroatoms. The van der Waals surface area contributed by atoms with Crippen molar-refractivity contribution in [2.24, 2.45) is 11.8 Å². The van der Waals surface area contributed by atoms with E-state index in [1.807, 2.05) is 46.1 Å². The smallest absolute Gasteiger partial charge is 0.317 e. The largest absolute Gasteiger partial charge is 0.334 e. The van der Waals surface area contributed by atoms with Crippen molar-refractivity contribution in [3.05, 3.63) is 48.3 Å². The number of nitrogens with one attached hydrogen (secondary N) is 1. The zero-order valence-corrected chi connectivity index (χ0v) is 13.8. The molecule has 1 saturated heterocycles. The minimum Gasteiger partial charge on any atom is -0.334 e. The fraction of sp³-hybridized carbons (Fsp3) is 0.444. The Bertz CT molecular complexity index is 626. The number of likely N-dealkylation sites (tertiary alicyclic amines) is 1. The van der Waals surface area contributed by atoms with Gasteiger partial charge in [-0.15, -0.1) is 0 Å². The second-order valence-electron chi connectivity index (χ2n) is 6.63. The zero-order chi connectivity index (χ0) is 16.2. The van der Waals surface area contributed by atoms with Crippen molar-refractivity contribution in [2.45, 2.75) is 26.8 Å². The molecule has 3 rings (SSSR count). The lowest BCUT2D eigenvalue weighted by Gasteiger charge is -2.34. The van der Waals surface area contributed by atoms with Crippen molar-refractivity contribution in [3.63, 3.8) is 0 Å². The van der Waals surface area contributed by atoms with Crippen LogP contribution in [0.2, 0.25) is 0 Å². The Hall–Kier alpha value is -2.30. The Morgan fingerprint density at radius 1 is 1.22 bits per heavy atom. The van der Waals surface area contributed by atoms with Crippen LogP contribution in [-0.4, -0.2) is 33.8 Å². The van der Waals surface area contributed by atoms with Gasteiger partial charge in [-0.3, -0.25) is 0 Å². The Morgan fingerprint density at radius 3 is 2.52 bits per heavy atom. The van der Waals surface area contributed by atoms with Gasteiger partial charge in [0.05, 0.1) is 5.69 Å². The van der Waals surface area contributed by atoms with E-state index < -0.39 is 0 Å². The topological polar surface area (TPSA) is 50.2 Å².